The number of hydrogen-bond acceptors (Lipinski definition) is 5. The number of hydrogen-bond donors (Lipinski definition) is 1. The Bertz CT molecular complexity index is 977. The zero-order valence-electron chi connectivity index (χ0n) is 12.8. The first-order valence-electron chi connectivity index (χ1n) is 7.48. The van der Waals surface area contributed by atoms with Crippen molar-refractivity contribution in [2.75, 3.05) is 7.11 Å². The normalized spacial score (nSPS) is 16.0. The molecule has 1 aromatic carbocycles. The third kappa shape index (κ3) is 2.39. The molecular weight excluding hydrogens is 372 g/mol. The van der Waals surface area contributed by atoms with E-state index in [9.17, 15) is 0 Å². The molecule has 0 spiro atoms. The van der Waals surface area contributed by atoms with E-state index in [-0.39, 0.29) is 6.10 Å². The molecule has 24 heavy (non-hydrogen) atoms. The molecule has 6 nitrogen and oxygen atoms in total. The van der Waals surface area contributed by atoms with Crippen molar-refractivity contribution in [2.45, 2.75) is 18.9 Å². The molecule has 120 valence electrons. The van der Waals surface area contributed by atoms with Crippen LogP contribution in [0.25, 0.3) is 10.9 Å². The number of nitriles is 1. The van der Waals surface area contributed by atoms with Crippen LogP contribution in [0.5, 0.6) is 11.6 Å². The van der Waals surface area contributed by atoms with Crippen LogP contribution in [-0.2, 0) is 6.42 Å². The quantitative estimate of drug-likeness (QED) is 0.696. The van der Waals surface area contributed by atoms with E-state index < -0.39 is 0 Å². The molecule has 0 radical (unpaired) electrons. The van der Waals surface area contributed by atoms with Gasteiger partial charge < -0.3 is 9.47 Å². The van der Waals surface area contributed by atoms with Gasteiger partial charge in [0.25, 0.3) is 0 Å². The predicted octanol–water partition coefficient (Wildman–Crippen LogP) is 3.67. The Labute approximate surface area is 146 Å². The Morgan fingerprint density at radius 3 is 3.04 bits per heavy atom. The minimum atomic E-state index is -0.126. The Morgan fingerprint density at radius 2 is 2.25 bits per heavy atom. The second kappa shape index (κ2) is 5.80. The van der Waals surface area contributed by atoms with Crippen LogP contribution in [0.4, 0.5) is 0 Å². The van der Waals surface area contributed by atoms with E-state index in [1.807, 2.05) is 24.3 Å². The van der Waals surface area contributed by atoms with Gasteiger partial charge in [-0.25, -0.2) is 4.98 Å². The molecule has 0 unspecified atom stereocenters. The summed E-state index contributed by atoms with van der Waals surface area (Å²) >= 11 is 3.35. The molecule has 1 aliphatic rings. The van der Waals surface area contributed by atoms with E-state index >= 15 is 0 Å². The third-order valence-electron chi connectivity index (χ3n) is 4.16. The van der Waals surface area contributed by atoms with E-state index in [2.05, 4.69) is 37.2 Å². The zero-order chi connectivity index (χ0) is 16.7. The largest absolute Gasteiger partial charge is 0.484 e. The van der Waals surface area contributed by atoms with Gasteiger partial charge in [0.15, 0.2) is 0 Å². The van der Waals surface area contributed by atoms with Crippen LogP contribution < -0.4 is 9.47 Å². The Morgan fingerprint density at radius 1 is 1.38 bits per heavy atom. The minimum absolute atomic E-state index is 0.126. The highest BCUT2D eigenvalue weighted by atomic mass is 79.9. The maximum Gasteiger partial charge on any atom is 0.240 e. The third-order valence-corrected chi connectivity index (χ3v) is 4.77. The zero-order valence-corrected chi connectivity index (χ0v) is 14.4. The maximum atomic E-state index is 9.11. The number of aromatic amines is 1. The van der Waals surface area contributed by atoms with E-state index in [4.69, 9.17) is 14.7 Å². The Hall–Kier alpha value is -2.59. The average molecular weight is 385 g/mol. The van der Waals surface area contributed by atoms with Gasteiger partial charge in [0, 0.05) is 0 Å². The molecule has 1 atom stereocenters. The number of rotatable bonds is 3. The first kappa shape index (κ1) is 15.0. The number of benzene rings is 1. The molecule has 0 aliphatic heterocycles. The molecule has 0 fully saturated rings. The topological polar surface area (TPSA) is 83.8 Å². The van der Waals surface area contributed by atoms with Crippen molar-refractivity contribution in [1.29, 1.82) is 5.26 Å². The van der Waals surface area contributed by atoms with Crippen LogP contribution in [-0.4, -0.2) is 22.3 Å². The van der Waals surface area contributed by atoms with Gasteiger partial charge in [-0.05, 0) is 58.6 Å². The van der Waals surface area contributed by atoms with Gasteiger partial charge in [0.05, 0.1) is 29.3 Å². The smallest absolute Gasteiger partial charge is 0.240 e. The molecule has 1 N–H and O–H groups in total. The highest BCUT2D eigenvalue weighted by Crippen LogP contribution is 2.37. The summed E-state index contributed by atoms with van der Waals surface area (Å²) in [6, 6.07) is 9.76. The summed E-state index contributed by atoms with van der Waals surface area (Å²) in [5.74, 6) is 1.28. The van der Waals surface area contributed by atoms with E-state index in [1.165, 1.54) is 0 Å². The fraction of sp³-hybridized carbons (Fsp3) is 0.235. The van der Waals surface area contributed by atoms with Crippen molar-refractivity contribution in [3.05, 3.63) is 45.7 Å². The molecule has 0 amide bonds. The molecule has 0 saturated carbocycles. The number of H-pyrrole nitrogens is 1. The van der Waals surface area contributed by atoms with Crippen LogP contribution in [0.1, 0.15) is 29.3 Å². The molecule has 4 rings (SSSR count). The van der Waals surface area contributed by atoms with Crippen LogP contribution in [0.2, 0.25) is 0 Å². The van der Waals surface area contributed by atoms with Crippen molar-refractivity contribution in [1.82, 2.24) is 15.2 Å². The summed E-state index contributed by atoms with van der Waals surface area (Å²) in [7, 11) is 1.59. The first-order valence-corrected chi connectivity index (χ1v) is 8.27. The van der Waals surface area contributed by atoms with Gasteiger partial charge in [0.2, 0.25) is 5.88 Å². The summed E-state index contributed by atoms with van der Waals surface area (Å²) in [4.78, 5) is 4.51. The van der Waals surface area contributed by atoms with Crippen molar-refractivity contribution in [2.24, 2.45) is 0 Å². The van der Waals surface area contributed by atoms with Crippen molar-refractivity contribution in [3.8, 4) is 17.7 Å². The fourth-order valence-electron chi connectivity index (χ4n) is 3.00. The number of halogens is 1. The number of aryl methyl sites for hydroxylation is 1. The highest BCUT2D eigenvalue weighted by molar-refractivity contribution is 9.10. The number of nitrogens with zero attached hydrogens (tertiary/aromatic N) is 3. The first-order chi connectivity index (χ1) is 11.7. The lowest BCUT2D eigenvalue weighted by atomic mass is 10.2. The summed E-state index contributed by atoms with van der Waals surface area (Å²) in [5.41, 5.74) is 3.41. The number of methoxy groups -OCH3 is 1. The minimum Gasteiger partial charge on any atom is -0.484 e. The van der Waals surface area contributed by atoms with Crippen LogP contribution in [0.3, 0.4) is 0 Å². The number of fused-ring (bicyclic) bond motifs is 2. The number of aromatic nitrogens is 3. The Balaban J connectivity index is 1.66. The van der Waals surface area contributed by atoms with E-state index in [0.717, 1.165) is 40.8 Å². The lowest BCUT2D eigenvalue weighted by molar-refractivity contribution is 0.203. The molecule has 0 bridgehead atoms. The van der Waals surface area contributed by atoms with Crippen molar-refractivity contribution < 1.29 is 9.47 Å². The van der Waals surface area contributed by atoms with Crippen LogP contribution >= 0.6 is 15.9 Å². The molecule has 7 heteroatoms. The Kier molecular flexibility index (Phi) is 3.62. The van der Waals surface area contributed by atoms with Crippen LogP contribution in [0, 0.1) is 11.3 Å². The molecule has 2 heterocycles. The summed E-state index contributed by atoms with van der Waals surface area (Å²) in [6.07, 6.45) is 1.57. The number of ether oxygens (including phenoxy) is 2. The van der Waals surface area contributed by atoms with Gasteiger partial charge >= 0.3 is 0 Å². The molecular formula is C17H13BrN4O2. The monoisotopic (exact) mass is 384 g/mol. The standard InChI is InChI=1S/C17H13BrN4O2/c1-23-17-12-7-11(3-4-13(12)21-22-17)24-14-5-2-9-6-10(8-19)16(18)20-15(9)14/h3-4,6-7,14H,2,5H2,1H3,(H,21,22)/t14-/m1/s1. The number of pyridine rings is 1. The van der Waals surface area contributed by atoms with E-state index in [0.29, 0.717) is 16.0 Å². The fourth-order valence-corrected chi connectivity index (χ4v) is 3.40. The lowest BCUT2D eigenvalue weighted by Gasteiger charge is -2.14. The molecule has 0 saturated heterocycles. The second-order valence-corrected chi connectivity index (χ2v) is 6.32. The number of nitrogens with one attached hydrogen (secondary N) is 1. The van der Waals surface area contributed by atoms with Crippen molar-refractivity contribution >= 4 is 26.8 Å². The summed E-state index contributed by atoms with van der Waals surface area (Å²) in [5, 5.41) is 17.0. The van der Waals surface area contributed by atoms with Gasteiger partial charge in [-0.1, -0.05) is 0 Å². The lowest BCUT2D eigenvalue weighted by Crippen LogP contribution is -2.06. The second-order valence-electron chi connectivity index (χ2n) is 5.57. The van der Waals surface area contributed by atoms with E-state index in [1.54, 1.807) is 7.11 Å². The highest BCUT2D eigenvalue weighted by Gasteiger charge is 2.27. The van der Waals surface area contributed by atoms with Gasteiger partial charge in [-0.15, -0.1) is 5.10 Å². The van der Waals surface area contributed by atoms with Crippen LogP contribution in [0.15, 0.2) is 28.9 Å². The van der Waals surface area contributed by atoms with Gasteiger partial charge in [-0.2, -0.15) is 5.26 Å². The maximum absolute atomic E-state index is 9.11. The van der Waals surface area contributed by atoms with Crippen molar-refractivity contribution in [3.63, 3.8) is 0 Å². The molecule has 2 aromatic heterocycles. The molecule has 3 aromatic rings. The summed E-state index contributed by atoms with van der Waals surface area (Å²) in [6.45, 7) is 0. The summed E-state index contributed by atoms with van der Waals surface area (Å²) < 4.78 is 11.9. The predicted molar refractivity (Wildman–Crippen MR) is 91.0 cm³/mol. The molecule has 1 aliphatic carbocycles. The van der Waals surface area contributed by atoms with Gasteiger partial charge in [0.1, 0.15) is 22.5 Å². The van der Waals surface area contributed by atoms with Gasteiger partial charge in [-0.3, -0.25) is 5.10 Å². The SMILES string of the molecule is COc1n[nH]c2ccc(O[C@@H]3CCc4cc(C#N)c(Br)nc43)cc12. The average Bonchev–Trinajstić information content (AvgIpc) is 3.18.